The predicted molar refractivity (Wildman–Crippen MR) is 81.5 cm³/mol. The molecule has 5 nitrogen and oxygen atoms in total. The number of methoxy groups -OCH3 is 2. The number of rotatable bonds is 6. The van der Waals surface area contributed by atoms with E-state index in [1.807, 2.05) is 0 Å². The van der Waals surface area contributed by atoms with Gasteiger partial charge in [-0.25, -0.2) is 8.42 Å². The molecule has 0 aliphatic heterocycles. The van der Waals surface area contributed by atoms with E-state index in [1.165, 1.54) is 18.4 Å². The van der Waals surface area contributed by atoms with Gasteiger partial charge < -0.3 is 15.2 Å². The zero-order valence-corrected chi connectivity index (χ0v) is 13.5. The van der Waals surface area contributed by atoms with Gasteiger partial charge in [-0.2, -0.15) is 0 Å². The third kappa shape index (κ3) is 3.04. The first-order valence-electron chi connectivity index (χ1n) is 6.33. The number of benzene rings is 1. The molecule has 0 amide bonds. The van der Waals surface area contributed by atoms with Crippen molar-refractivity contribution in [3.63, 3.8) is 0 Å². The van der Waals surface area contributed by atoms with Crippen molar-refractivity contribution in [2.75, 3.05) is 20.8 Å². The van der Waals surface area contributed by atoms with E-state index in [4.69, 9.17) is 9.47 Å². The SMILES string of the molecule is COc1ccc([C@@H](C[NH3+])S(=O)(=O)c2cccs2)c(OC)c1. The Balaban J connectivity index is 2.52. The lowest BCUT2D eigenvalue weighted by Gasteiger charge is -2.17. The molecule has 0 spiro atoms. The average molecular weight is 328 g/mol. The molecule has 1 aromatic carbocycles. The van der Waals surface area contributed by atoms with Crippen LogP contribution in [-0.2, 0) is 9.84 Å². The number of sulfone groups is 1. The molecule has 0 fully saturated rings. The van der Waals surface area contributed by atoms with E-state index in [0.717, 1.165) is 0 Å². The molecule has 0 bridgehead atoms. The quantitative estimate of drug-likeness (QED) is 0.872. The molecule has 3 N–H and O–H groups in total. The molecule has 2 aromatic rings. The van der Waals surface area contributed by atoms with Crippen LogP contribution in [0.2, 0.25) is 0 Å². The van der Waals surface area contributed by atoms with Crippen molar-refractivity contribution in [2.24, 2.45) is 0 Å². The first-order valence-corrected chi connectivity index (χ1v) is 8.75. The van der Waals surface area contributed by atoms with Gasteiger partial charge in [-0.15, -0.1) is 11.3 Å². The Labute approximate surface area is 128 Å². The molecule has 0 saturated carbocycles. The number of hydrogen-bond donors (Lipinski definition) is 1. The molecule has 21 heavy (non-hydrogen) atoms. The van der Waals surface area contributed by atoms with E-state index in [2.05, 4.69) is 5.73 Å². The highest BCUT2D eigenvalue weighted by Gasteiger charge is 2.32. The van der Waals surface area contributed by atoms with E-state index in [0.29, 0.717) is 21.3 Å². The number of hydrogen-bond acceptors (Lipinski definition) is 5. The normalized spacial score (nSPS) is 12.9. The van der Waals surface area contributed by atoms with Gasteiger partial charge in [0.15, 0.2) is 9.84 Å². The standard InChI is InChI=1S/C14H17NO4S2/c1-18-10-5-6-11(12(8-10)19-2)13(9-15)21(16,17)14-4-3-7-20-14/h3-8,13H,9,15H2,1-2H3/p+1/t13-/m1/s1. The van der Waals surface area contributed by atoms with Gasteiger partial charge in [0.05, 0.1) is 20.8 Å². The Bertz CT molecular complexity index is 696. The largest absolute Gasteiger partial charge is 0.497 e. The Morgan fingerprint density at radius 3 is 2.52 bits per heavy atom. The minimum Gasteiger partial charge on any atom is -0.497 e. The van der Waals surface area contributed by atoms with Crippen LogP contribution < -0.4 is 15.2 Å². The van der Waals surface area contributed by atoms with Gasteiger partial charge in [-0.1, -0.05) is 12.1 Å². The monoisotopic (exact) mass is 328 g/mol. The third-order valence-corrected chi connectivity index (χ3v) is 6.78. The number of thiophene rings is 1. The van der Waals surface area contributed by atoms with Crippen LogP contribution in [0.5, 0.6) is 11.5 Å². The zero-order valence-electron chi connectivity index (χ0n) is 11.9. The van der Waals surface area contributed by atoms with E-state index in [-0.39, 0.29) is 6.54 Å². The van der Waals surface area contributed by atoms with E-state index in [1.54, 1.807) is 42.8 Å². The van der Waals surface area contributed by atoms with E-state index in [9.17, 15) is 8.42 Å². The fraction of sp³-hybridized carbons (Fsp3) is 0.286. The molecule has 0 saturated heterocycles. The molecule has 2 rings (SSSR count). The second kappa shape index (κ2) is 6.46. The van der Waals surface area contributed by atoms with Crippen LogP contribution in [0.4, 0.5) is 0 Å². The molecule has 1 atom stereocenters. The summed E-state index contributed by atoms with van der Waals surface area (Å²) in [5.41, 5.74) is 4.39. The van der Waals surface area contributed by atoms with Gasteiger partial charge in [-0.05, 0) is 17.5 Å². The maximum atomic E-state index is 12.7. The van der Waals surface area contributed by atoms with Gasteiger partial charge >= 0.3 is 0 Å². The molecule has 7 heteroatoms. The summed E-state index contributed by atoms with van der Waals surface area (Å²) in [4.78, 5) is 0. The predicted octanol–water partition coefficient (Wildman–Crippen LogP) is 1.52. The smallest absolute Gasteiger partial charge is 0.200 e. The van der Waals surface area contributed by atoms with Crippen LogP contribution in [0.1, 0.15) is 10.8 Å². The van der Waals surface area contributed by atoms with Crippen molar-refractivity contribution in [3.8, 4) is 11.5 Å². The molecule has 1 aromatic heterocycles. The van der Waals surface area contributed by atoms with Gasteiger partial charge in [0.25, 0.3) is 0 Å². The maximum Gasteiger partial charge on any atom is 0.200 e. The summed E-state index contributed by atoms with van der Waals surface area (Å²) < 4.78 is 36.3. The summed E-state index contributed by atoms with van der Waals surface area (Å²) >= 11 is 1.21. The van der Waals surface area contributed by atoms with Crippen LogP contribution in [0.25, 0.3) is 0 Å². The number of quaternary nitrogens is 1. The maximum absolute atomic E-state index is 12.7. The molecule has 0 radical (unpaired) electrons. The second-order valence-electron chi connectivity index (χ2n) is 4.36. The first-order chi connectivity index (χ1) is 10.0. The van der Waals surface area contributed by atoms with Gasteiger partial charge in [0.1, 0.15) is 21.0 Å². The van der Waals surface area contributed by atoms with Gasteiger partial charge in [0, 0.05) is 11.6 Å². The second-order valence-corrected chi connectivity index (χ2v) is 7.67. The molecular weight excluding hydrogens is 310 g/mol. The van der Waals surface area contributed by atoms with Gasteiger partial charge in [0.2, 0.25) is 0 Å². The summed E-state index contributed by atoms with van der Waals surface area (Å²) in [6.45, 7) is 0.225. The lowest BCUT2D eigenvalue weighted by molar-refractivity contribution is -0.367. The van der Waals surface area contributed by atoms with Crippen molar-refractivity contribution >= 4 is 21.2 Å². The van der Waals surface area contributed by atoms with Crippen molar-refractivity contribution in [1.82, 2.24) is 0 Å². The molecular formula is C14H18NO4S2+. The minimum atomic E-state index is -3.48. The zero-order chi connectivity index (χ0) is 15.5. The van der Waals surface area contributed by atoms with Crippen LogP contribution in [-0.4, -0.2) is 29.2 Å². The summed E-state index contributed by atoms with van der Waals surface area (Å²) in [7, 11) is -0.416. The highest BCUT2D eigenvalue weighted by Crippen LogP contribution is 2.36. The Morgan fingerprint density at radius 1 is 1.24 bits per heavy atom. The summed E-state index contributed by atoms with van der Waals surface area (Å²) in [6.07, 6.45) is 0. The van der Waals surface area contributed by atoms with Crippen molar-refractivity contribution in [2.45, 2.75) is 9.46 Å². The summed E-state index contributed by atoms with van der Waals surface area (Å²) in [6, 6.07) is 8.46. The molecule has 114 valence electrons. The fourth-order valence-corrected chi connectivity index (χ4v) is 5.02. The summed E-state index contributed by atoms with van der Waals surface area (Å²) in [5, 5.41) is 1.01. The Hall–Kier alpha value is -1.57. The summed E-state index contributed by atoms with van der Waals surface area (Å²) in [5.74, 6) is 1.11. The van der Waals surface area contributed by atoms with Crippen molar-refractivity contribution in [1.29, 1.82) is 0 Å². The molecule has 0 aliphatic rings. The molecule has 0 unspecified atom stereocenters. The third-order valence-electron chi connectivity index (χ3n) is 3.20. The van der Waals surface area contributed by atoms with Crippen molar-refractivity contribution < 1.29 is 23.6 Å². The Kier molecular flexibility index (Phi) is 4.87. The highest BCUT2D eigenvalue weighted by molar-refractivity contribution is 7.93. The average Bonchev–Trinajstić information content (AvgIpc) is 3.03. The lowest BCUT2D eigenvalue weighted by atomic mass is 10.1. The van der Waals surface area contributed by atoms with Crippen LogP contribution in [0, 0.1) is 0 Å². The van der Waals surface area contributed by atoms with Crippen molar-refractivity contribution in [3.05, 3.63) is 41.3 Å². The van der Waals surface area contributed by atoms with Crippen LogP contribution in [0.3, 0.4) is 0 Å². The fourth-order valence-electron chi connectivity index (χ4n) is 2.13. The van der Waals surface area contributed by atoms with E-state index >= 15 is 0 Å². The van der Waals surface area contributed by atoms with E-state index < -0.39 is 15.1 Å². The first kappa shape index (κ1) is 15.8. The topological polar surface area (TPSA) is 80.2 Å². The highest BCUT2D eigenvalue weighted by atomic mass is 32.2. The molecule has 1 heterocycles. The minimum absolute atomic E-state index is 0.225. The van der Waals surface area contributed by atoms with Crippen LogP contribution >= 0.6 is 11.3 Å². The Morgan fingerprint density at radius 2 is 2.00 bits per heavy atom. The molecule has 0 aliphatic carbocycles. The number of ether oxygens (including phenoxy) is 2. The van der Waals surface area contributed by atoms with Crippen LogP contribution in [0.15, 0.2) is 39.9 Å². The lowest BCUT2D eigenvalue weighted by Crippen LogP contribution is -2.54. The van der Waals surface area contributed by atoms with Gasteiger partial charge in [-0.3, -0.25) is 0 Å².